The number of rotatable bonds is 2. The summed E-state index contributed by atoms with van der Waals surface area (Å²) in [5.74, 6) is 0.481. The van der Waals surface area contributed by atoms with Crippen LogP contribution in [-0.2, 0) is 4.79 Å². The summed E-state index contributed by atoms with van der Waals surface area (Å²) in [7, 11) is 1.80. The number of fused-ring (bicyclic) bond motifs is 1. The first-order valence-corrected chi connectivity index (χ1v) is 5.85. The van der Waals surface area contributed by atoms with E-state index >= 15 is 0 Å². The number of amides is 1. The van der Waals surface area contributed by atoms with Gasteiger partial charge in [-0.25, -0.2) is 4.98 Å². The van der Waals surface area contributed by atoms with Gasteiger partial charge in [0.15, 0.2) is 0 Å². The fraction of sp³-hybridized carbons (Fsp3) is 0.333. The molecule has 6 nitrogen and oxygen atoms in total. The average molecular weight is 243 g/mol. The van der Waals surface area contributed by atoms with Gasteiger partial charge in [0.25, 0.3) is 0 Å². The second-order valence-electron chi connectivity index (χ2n) is 4.37. The molecule has 1 N–H and O–H groups in total. The SMILES string of the molecule is CN1CCC(Nc2nnc3ccccc3n2)C1=O. The van der Waals surface area contributed by atoms with E-state index in [1.165, 1.54) is 0 Å². The number of benzene rings is 1. The molecule has 1 aliphatic rings. The van der Waals surface area contributed by atoms with Crippen LogP contribution in [0.2, 0.25) is 0 Å². The van der Waals surface area contributed by atoms with Gasteiger partial charge >= 0.3 is 0 Å². The zero-order valence-electron chi connectivity index (χ0n) is 10.00. The first-order chi connectivity index (χ1) is 8.74. The van der Waals surface area contributed by atoms with Gasteiger partial charge in [-0.1, -0.05) is 12.1 Å². The van der Waals surface area contributed by atoms with Crippen LogP contribution in [-0.4, -0.2) is 45.6 Å². The number of aromatic nitrogens is 3. The summed E-state index contributed by atoms with van der Waals surface area (Å²) in [6, 6.07) is 7.28. The summed E-state index contributed by atoms with van der Waals surface area (Å²) in [4.78, 5) is 17.8. The lowest BCUT2D eigenvalue weighted by Crippen LogP contribution is -2.31. The van der Waals surface area contributed by atoms with Crippen molar-refractivity contribution in [1.29, 1.82) is 0 Å². The molecule has 0 aliphatic carbocycles. The second kappa shape index (κ2) is 4.21. The van der Waals surface area contributed by atoms with Crippen molar-refractivity contribution in [3.63, 3.8) is 0 Å². The lowest BCUT2D eigenvalue weighted by Gasteiger charge is -2.11. The lowest BCUT2D eigenvalue weighted by atomic mass is 10.2. The summed E-state index contributed by atoms with van der Waals surface area (Å²) in [5, 5.41) is 11.1. The Morgan fingerprint density at radius 2 is 2.06 bits per heavy atom. The van der Waals surface area contributed by atoms with Gasteiger partial charge in [0.1, 0.15) is 11.6 Å². The molecule has 0 spiro atoms. The Kier molecular flexibility index (Phi) is 2.55. The Bertz CT molecular complexity index is 600. The van der Waals surface area contributed by atoms with Crippen molar-refractivity contribution in [2.24, 2.45) is 0 Å². The third-order valence-corrected chi connectivity index (χ3v) is 3.09. The summed E-state index contributed by atoms with van der Waals surface area (Å²) >= 11 is 0. The third-order valence-electron chi connectivity index (χ3n) is 3.09. The standard InChI is InChI=1S/C12H13N5O/c1-17-7-6-10(11(17)18)14-12-13-8-4-2-3-5-9(8)15-16-12/h2-5,10H,6-7H2,1H3,(H,13,14,16). The van der Waals surface area contributed by atoms with E-state index in [0.717, 1.165) is 24.0 Å². The largest absolute Gasteiger partial charge is 0.344 e. The van der Waals surface area contributed by atoms with Gasteiger partial charge in [0, 0.05) is 13.6 Å². The van der Waals surface area contributed by atoms with E-state index in [1.54, 1.807) is 11.9 Å². The molecule has 3 rings (SSSR count). The maximum Gasteiger partial charge on any atom is 0.244 e. The van der Waals surface area contributed by atoms with Crippen LogP contribution in [0.25, 0.3) is 11.0 Å². The summed E-state index contributed by atoms with van der Waals surface area (Å²) < 4.78 is 0. The van der Waals surface area contributed by atoms with Crippen molar-refractivity contribution >= 4 is 22.9 Å². The highest BCUT2D eigenvalue weighted by Gasteiger charge is 2.29. The van der Waals surface area contributed by atoms with Crippen LogP contribution in [0, 0.1) is 0 Å². The van der Waals surface area contributed by atoms with Crippen LogP contribution >= 0.6 is 0 Å². The first kappa shape index (κ1) is 10.9. The predicted molar refractivity (Wildman–Crippen MR) is 67.0 cm³/mol. The molecule has 1 fully saturated rings. The Morgan fingerprint density at radius 3 is 2.78 bits per heavy atom. The smallest absolute Gasteiger partial charge is 0.244 e. The summed E-state index contributed by atoms with van der Waals surface area (Å²) in [6.07, 6.45) is 0.769. The highest BCUT2D eigenvalue weighted by atomic mass is 16.2. The topological polar surface area (TPSA) is 71.0 Å². The number of likely N-dealkylation sites (N-methyl/N-ethyl adjacent to an activating group) is 1. The fourth-order valence-corrected chi connectivity index (χ4v) is 2.05. The van der Waals surface area contributed by atoms with Gasteiger partial charge in [0.2, 0.25) is 11.9 Å². The summed E-state index contributed by atoms with van der Waals surface area (Å²) in [5.41, 5.74) is 1.52. The molecule has 0 radical (unpaired) electrons. The maximum atomic E-state index is 11.8. The number of nitrogens with one attached hydrogen (secondary N) is 1. The number of nitrogens with zero attached hydrogens (tertiary/aromatic N) is 4. The van der Waals surface area contributed by atoms with Crippen molar-refractivity contribution in [2.45, 2.75) is 12.5 Å². The van der Waals surface area contributed by atoms with E-state index in [2.05, 4.69) is 20.5 Å². The number of hydrogen-bond donors (Lipinski definition) is 1. The molecule has 1 aliphatic heterocycles. The van der Waals surface area contributed by atoms with E-state index in [9.17, 15) is 4.79 Å². The van der Waals surface area contributed by atoms with Gasteiger partial charge < -0.3 is 10.2 Å². The van der Waals surface area contributed by atoms with E-state index in [-0.39, 0.29) is 11.9 Å². The number of anilines is 1. The van der Waals surface area contributed by atoms with E-state index in [4.69, 9.17) is 0 Å². The van der Waals surface area contributed by atoms with Crippen LogP contribution in [0.1, 0.15) is 6.42 Å². The molecule has 1 amide bonds. The number of para-hydroxylation sites is 1. The van der Waals surface area contributed by atoms with Crippen molar-refractivity contribution in [2.75, 3.05) is 18.9 Å². The highest BCUT2D eigenvalue weighted by Crippen LogP contribution is 2.14. The van der Waals surface area contributed by atoms with Crippen molar-refractivity contribution in [3.05, 3.63) is 24.3 Å². The molecule has 1 saturated heterocycles. The van der Waals surface area contributed by atoms with Crippen LogP contribution in [0.4, 0.5) is 5.95 Å². The van der Waals surface area contributed by atoms with E-state index < -0.39 is 0 Å². The lowest BCUT2D eigenvalue weighted by molar-refractivity contribution is -0.127. The Labute approximate surface area is 104 Å². The van der Waals surface area contributed by atoms with Crippen molar-refractivity contribution in [1.82, 2.24) is 20.1 Å². The Hall–Kier alpha value is -2.24. The quantitative estimate of drug-likeness (QED) is 0.839. The molecule has 1 unspecified atom stereocenters. The van der Waals surface area contributed by atoms with Crippen molar-refractivity contribution in [3.8, 4) is 0 Å². The molecule has 1 aromatic carbocycles. The zero-order chi connectivity index (χ0) is 12.5. The third kappa shape index (κ3) is 1.85. The van der Waals surface area contributed by atoms with Crippen LogP contribution < -0.4 is 5.32 Å². The van der Waals surface area contributed by atoms with E-state index in [1.807, 2.05) is 24.3 Å². The molecule has 6 heteroatoms. The van der Waals surface area contributed by atoms with E-state index in [0.29, 0.717) is 5.95 Å². The molecule has 1 aromatic heterocycles. The molecule has 2 aromatic rings. The van der Waals surface area contributed by atoms with Gasteiger partial charge in [-0.2, -0.15) is 0 Å². The van der Waals surface area contributed by atoms with Crippen LogP contribution in [0.5, 0.6) is 0 Å². The monoisotopic (exact) mass is 243 g/mol. The molecular formula is C12H13N5O. The second-order valence-corrected chi connectivity index (χ2v) is 4.37. The molecule has 0 bridgehead atoms. The van der Waals surface area contributed by atoms with Gasteiger partial charge in [-0.05, 0) is 18.6 Å². The highest BCUT2D eigenvalue weighted by molar-refractivity contribution is 5.86. The molecule has 2 heterocycles. The average Bonchev–Trinajstić information content (AvgIpc) is 2.71. The minimum Gasteiger partial charge on any atom is -0.344 e. The maximum absolute atomic E-state index is 11.8. The molecule has 18 heavy (non-hydrogen) atoms. The van der Waals surface area contributed by atoms with Crippen LogP contribution in [0.15, 0.2) is 24.3 Å². The van der Waals surface area contributed by atoms with Gasteiger partial charge in [-0.3, -0.25) is 4.79 Å². The molecule has 1 atom stereocenters. The minimum absolute atomic E-state index is 0.0757. The predicted octanol–water partition coefficient (Wildman–Crippen LogP) is 0.667. The number of hydrogen-bond acceptors (Lipinski definition) is 5. The number of carbonyl (C=O) groups excluding carboxylic acids is 1. The first-order valence-electron chi connectivity index (χ1n) is 5.85. The Balaban J connectivity index is 1.85. The molecule has 0 saturated carbocycles. The fourth-order valence-electron chi connectivity index (χ4n) is 2.05. The normalized spacial score (nSPS) is 19.5. The Morgan fingerprint density at radius 1 is 1.28 bits per heavy atom. The van der Waals surface area contributed by atoms with Crippen molar-refractivity contribution < 1.29 is 4.79 Å². The van der Waals surface area contributed by atoms with Gasteiger partial charge in [-0.15, -0.1) is 10.2 Å². The molecular weight excluding hydrogens is 230 g/mol. The minimum atomic E-state index is -0.238. The van der Waals surface area contributed by atoms with Gasteiger partial charge in [0.05, 0.1) is 5.52 Å². The number of carbonyl (C=O) groups is 1. The summed E-state index contributed by atoms with van der Waals surface area (Å²) in [6.45, 7) is 0.761. The molecule has 92 valence electrons. The zero-order valence-corrected chi connectivity index (χ0v) is 10.00. The number of likely N-dealkylation sites (tertiary alicyclic amines) is 1. The van der Waals surface area contributed by atoms with Crippen LogP contribution in [0.3, 0.4) is 0 Å².